The molecule has 2 heterocycles. The van der Waals surface area contributed by atoms with E-state index in [-0.39, 0.29) is 11.3 Å². The van der Waals surface area contributed by atoms with E-state index >= 15 is 0 Å². The lowest BCUT2D eigenvalue weighted by atomic mass is 9.96. The third-order valence-electron chi connectivity index (χ3n) is 4.11. The van der Waals surface area contributed by atoms with E-state index in [1.807, 2.05) is 0 Å². The summed E-state index contributed by atoms with van der Waals surface area (Å²) < 4.78 is 4.62. The number of aliphatic hydroxyl groups is 1. The van der Waals surface area contributed by atoms with Gasteiger partial charge in [-0.05, 0) is 11.6 Å². The molecular weight excluding hydrogens is 336 g/mol. The number of pyridine rings is 1. The van der Waals surface area contributed by atoms with E-state index in [9.17, 15) is 19.5 Å². The van der Waals surface area contributed by atoms with Crippen molar-refractivity contribution in [3.8, 4) is 0 Å². The minimum atomic E-state index is -0.928. The van der Waals surface area contributed by atoms with Gasteiger partial charge in [-0.2, -0.15) is 0 Å². The number of carbonyl (C=O) groups excluding carboxylic acids is 3. The SMILES string of the molecule is COC(=O)CN1C(=O)C(=O)/C(=C(/O)c2ccccc2)C1c1cccnc1. The van der Waals surface area contributed by atoms with Crippen LogP contribution in [-0.2, 0) is 19.1 Å². The Bertz CT molecular complexity index is 877. The molecule has 1 aliphatic heterocycles. The Morgan fingerprint density at radius 3 is 2.54 bits per heavy atom. The molecule has 26 heavy (non-hydrogen) atoms. The van der Waals surface area contributed by atoms with E-state index in [1.165, 1.54) is 13.3 Å². The van der Waals surface area contributed by atoms with Crippen molar-refractivity contribution in [3.05, 3.63) is 71.6 Å². The van der Waals surface area contributed by atoms with Crippen molar-refractivity contribution in [2.24, 2.45) is 0 Å². The number of rotatable bonds is 4. The second-order valence-corrected chi connectivity index (χ2v) is 5.66. The van der Waals surface area contributed by atoms with Gasteiger partial charge in [0.05, 0.1) is 18.7 Å². The number of hydrogen-bond acceptors (Lipinski definition) is 6. The summed E-state index contributed by atoms with van der Waals surface area (Å²) in [6.07, 6.45) is 3.03. The molecule has 132 valence electrons. The molecular formula is C19H16N2O5. The van der Waals surface area contributed by atoms with Gasteiger partial charge < -0.3 is 14.7 Å². The van der Waals surface area contributed by atoms with Gasteiger partial charge >= 0.3 is 5.97 Å². The van der Waals surface area contributed by atoms with Crippen molar-refractivity contribution in [1.29, 1.82) is 0 Å². The van der Waals surface area contributed by atoms with Gasteiger partial charge in [0.1, 0.15) is 12.3 Å². The van der Waals surface area contributed by atoms with Gasteiger partial charge in [-0.25, -0.2) is 0 Å². The molecule has 0 spiro atoms. The molecule has 2 aromatic rings. The van der Waals surface area contributed by atoms with Gasteiger partial charge in [0.2, 0.25) is 0 Å². The number of aliphatic hydroxyl groups excluding tert-OH is 1. The van der Waals surface area contributed by atoms with Gasteiger partial charge in [0.25, 0.3) is 11.7 Å². The zero-order valence-corrected chi connectivity index (χ0v) is 14.0. The summed E-state index contributed by atoms with van der Waals surface area (Å²) in [7, 11) is 1.20. The largest absolute Gasteiger partial charge is 0.507 e. The van der Waals surface area contributed by atoms with Gasteiger partial charge in [-0.1, -0.05) is 36.4 Å². The molecule has 3 rings (SSSR count). The van der Waals surface area contributed by atoms with Crippen molar-refractivity contribution in [2.75, 3.05) is 13.7 Å². The average molecular weight is 352 g/mol. The van der Waals surface area contributed by atoms with Crippen LogP contribution in [0.4, 0.5) is 0 Å². The van der Waals surface area contributed by atoms with Crippen LogP contribution in [-0.4, -0.2) is 46.3 Å². The van der Waals surface area contributed by atoms with Crippen LogP contribution in [0, 0.1) is 0 Å². The molecule has 1 atom stereocenters. The first-order valence-electron chi connectivity index (χ1n) is 7.85. The fourth-order valence-corrected chi connectivity index (χ4v) is 2.88. The fraction of sp³-hybridized carbons (Fsp3) is 0.158. The van der Waals surface area contributed by atoms with Gasteiger partial charge in [0, 0.05) is 18.0 Å². The Labute approximate surface area is 149 Å². The van der Waals surface area contributed by atoms with Gasteiger partial charge in [-0.3, -0.25) is 19.4 Å². The predicted octanol–water partition coefficient (Wildman–Crippen LogP) is 1.68. The molecule has 1 aliphatic rings. The van der Waals surface area contributed by atoms with Crippen LogP contribution in [0.1, 0.15) is 17.2 Å². The predicted molar refractivity (Wildman–Crippen MR) is 91.7 cm³/mol. The highest BCUT2D eigenvalue weighted by Gasteiger charge is 2.47. The zero-order chi connectivity index (χ0) is 18.7. The van der Waals surface area contributed by atoms with Crippen molar-refractivity contribution in [1.82, 2.24) is 9.88 Å². The van der Waals surface area contributed by atoms with Crippen LogP contribution in [0.3, 0.4) is 0 Å². The summed E-state index contributed by atoms with van der Waals surface area (Å²) in [5.41, 5.74) is 0.823. The van der Waals surface area contributed by atoms with Crippen LogP contribution < -0.4 is 0 Å². The number of carbonyl (C=O) groups is 3. The number of amides is 1. The van der Waals surface area contributed by atoms with E-state index in [4.69, 9.17) is 0 Å². The highest BCUT2D eigenvalue weighted by atomic mass is 16.5. The lowest BCUT2D eigenvalue weighted by Gasteiger charge is -2.23. The van der Waals surface area contributed by atoms with E-state index in [0.717, 1.165) is 4.90 Å². The second kappa shape index (κ2) is 7.18. The molecule has 0 saturated carbocycles. The number of ketones is 1. The maximum absolute atomic E-state index is 12.6. The van der Waals surface area contributed by atoms with Gasteiger partial charge in [0.15, 0.2) is 0 Å². The van der Waals surface area contributed by atoms with Crippen LogP contribution in [0.25, 0.3) is 5.76 Å². The number of Topliss-reactive ketones (excluding diaryl/α,β-unsaturated/α-hetero) is 1. The molecule has 1 aromatic carbocycles. The van der Waals surface area contributed by atoms with Crippen LogP contribution >= 0.6 is 0 Å². The first-order valence-corrected chi connectivity index (χ1v) is 7.85. The van der Waals surface area contributed by atoms with Crippen molar-refractivity contribution in [3.63, 3.8) is 0 Å². The molecule has 1 amide bonds. The first-order chi connectivity index (χ1) is 12.5. The number of nitrogens with zero attached hydrogens (tertiary/aromatic N) is 2. The normalized spacial score (nSPS) is 18.8. The van der Waals surface area contributed by atoms with E-state index in [2.05, 4.69) is 9.72 Å². The van der Waals surface area contributed by atoms with E-state index in [1.54, 1.807) is 48.7 Å². The van der Waals surface area contributed by atoms with Crippen molar-refractivity contribution >= 4 is 23.4 Å². The highest BCUT2D eigenvalue weighted by molar-refractivity contribution is 6.46. The number of aromatic nitrogens is 1. The molecule has 1 fully saturated rings. The number of methoxy groups -OCH3 is 1. The Balaban J connectivity index is 2.16. The molecule has 1 aromatic heterocycles. The Morgan fingerprint density at radius 2 is 1.92 bits per heavy atom. The summed E-state index contributed by atoms with van der Waals surface area (Å²) in [6, 6.07) is 10.8. The quantitative estimate of drug-likeness (QED) is 0.389. The van der Waals surface area contributed by atoms with E-state index < -0.39 is 30.2 Å². The maximum Gasteiger partial charge on any atom is 0.325 e. The number of likely N-dealkylation sites (tertiary alicyclic amines) is 1. The molecule has 0 aliphatic carbocycles. The summed E-state index contributed by atoms with van der Waals surface area (Å²) in [5.74, 6) is -2.70. The lowest BCUT2D eigenvalue weighted by Crippen LogP contribution is -2.35. The molecule has 0 radical (unpaired) electrons. The Hall–Kier alpha value is -3.48. The third-order valence-corrected chi connectivity index (χ3v) is 4.11. The summed E-state index contributed by atoms with van der Waals surface area (Å²) in [4.78, 5) is 41.9. The summed E-state index contributed by atoms with van der Waals surface area (Å²) in [6.45, 7) is -0.411. The Kier molecular flexibility index (Phi) is 4.79. The molecule has 1 unspecified atom stereocenters. The number of esters is 1. The summed E-state index contributed by atoms with van der Waals surface area (Å²) in [5, 5.41) is 10.7. The van der Waals surface area contributed by atoms with Crippen LogP contribution in [0.5, 0.6) is 0 Å². The van der Waals surface area contributed by atoms with Crippen LogP contribution in [0.2, 0.25) is 0 Å². The zero-order valence-electron chi connectivity index (χ0n) is 14.0. The molecule has 1 saturated heterocycles. The minimum Gasteiger partial charge on any atom is -0.507 e. The number of ether oxygens (including phenoxy) is 1. The molecule has 7 heteroatoms. The Morgan fingerprint density at radius 1 is 1.19 bits per heavy atom. The maximum atomic E-state index is 12.6. The topological polar surface area (TPSA) is 96.8 Å². The molecule has 1 N–H and O–H groups in total. The van der Waals surface area contributed by atoms with Crippen molar-refractivity contribution < 1.29 is 24.2 Å². The number of benzene rings is 1. The van der Waals surface area contributed by atoms with Crippen molar-refractivity contribution in [2.45, 2.75) is 6.04 Å². The van der Waals surface area contributed by atoms with Crippen LogP contribution in [0.15, 0.2) is 60.4 Å². The fourth-order valence-electron chi connectivity index (χ4n) is 2.88. The van der Waals surface area contributed by atoms with E-state index in [0.29, 0.717) is 11.1 Å². The number of hydrogen-bond donors (Lipinski definition) is 1. The molecule has 7 nitrogen and oxygen atoms in total. The summed E-state index contributed by atoms with van der Waals surface area (Å²) >= 11 is 0. The highest BCUT2D eigenvalue weighted by Crippen LogP contribution is 2.38. The lowest BCUT2D eigenvalue weighted by molar-refractivity contribution is -0.148. The molecule has 0 bridgehead atoms. The second-order valence-electron chi connectivity index (χ2n) is 5.66. The standard InChI is InChI=1S/C19H16N2O5/c1-26-14(22)11-21-16(13-8-5-9-20-10-13)15(18(24)19(21)25)17(23)12-6-3-2-4-7-12/h2-10,16,23H,11H2,1H3/b17-15+. The van der Waals surface area contributed by atoms with Gasteiger partial charge in [-0.15, -0.1) is 0 Å². The minimum absolute atomic E-state index is 0.0851. The first kappa shape index (κ1) is 17.3. The smallest absolute Gasteiger partial charge is 0.325 e. The average Bonchev–Trinajstić information content (AvgIpc) is 2.93. The monoisotopic (exact) mass is 352 g/mol. The third kappa shape index (κ3) is 3.06.